The lowest BCUT2D eigenvalue weighted by Crippen LogP contribution is -2.39. The minimum absolute atomic E-state index is 0.514. The number of fused-ring (bicyclic) bond motifs is 1. The van der Waals surface area contributed by atoms with Crippen LogP contribution in [-0.2, 0) is 0 Å². The van der Waals surface area contributed by atoms with Crippen molar-refractivity contribution in [3.05, 3.63) is 29.8 Å². The lowest BCUT2D eigenvalue weighted by Gasteiger charge is -2.36. The molecule has 19 heavy (non-hydrogen) atoms. The highest BCUT2D eigenvalue weighted by atomic mass is 16.5. The molecule has 104 valence electrons. The molecule has 0 radical (unpaired) electrons. The quantitative estimate of drug-likeness (QED) is 0.893. The van der Waals surface area contributed by atoms with E-state index < -0.39 is 0 Å². The van der Waals surface area contributed by atoms with Crippen LogP contribution in [0.4, 0.5) is 0 Å². The monoisotopic (exact) mass is 259 g/mol. The summed E-state index contributed by atoms with van der Waals surface area (Å²) in [5, 5.41) is 3.78. The van der Waals surface area contributed by atoms with Crippen LogP contribution in [0.25, 0.3) is 0 Å². The number of nitrogens with one attached hydrogen (secondary N) is 1. The van der Waals surface area contributed by atoms with Crippen LogP contribution in [0.15, 0.2) is 24.3 Å². The minimum atomic E-state index is 0.514. The van der Waals surface area contributed by atoms with Gasteiger partial charge in [-0.1, -0.05) is 38.5 Å². The van der Waals surface area contributed by atoms with Gasteiger partial charge in [0.05, 0.1) is 6.61 Å². The van der Waals surface area contributed by atoms with E-state index in [1.165, 1.54) is 31.2 Å². The van der Waals surface area contributed by atoms with Crippen molar-refractivity contribution >= 4 is 0 Å². The second-order valence-electron chi connectivity index (χ2n) is 6.91. The fourth-order valence-electron chi connectivity index (χ4n) is 3.58. The van der Waals surface area contributed by atoms with Crippen molar-refractivity contribution in [2.45, 2.75) is 51.5 Å². The zero-order valence-corrected chi connectivity index (χ0v) is 12.1. The molecule has 2 atom stereocenters. The van der Waals surface area contributed by atoms with Crippen LogP contribution in [-0.4, -0.2) is 19.2 Å². The van der Waals surface area contributed by atoms with Crippen LogP contribution in [0.2, 0.25) is 0 Å². The molecule has 0 bridgehead atoms. The summed E-state index contributed by atoms with van der Waals surface area (Å²) < 4.78 is 5.75. The van der Waals surface area contributed by atoms with Crippen molar-refractivity contribution in [3.8, 4) is 5.75 Å². The highest BCUT2D eigenvalue weighted by Crippen LogP contribution is 2.36. The highest BCUT2D eigenvalue weighted by molar-refractivity contribution is 5.39. The number of rotatable bonds is 3. The van der Waals surface area contributed by atoms with E-state index in [9.17, 15) is 0 Å². The van der Waals surface area contributed by atoms with Gasteiger partial charge in [0, 0.05) is 24.1 Å². The molecule has 1 aromatic rings. The van der Waals surface area contributed by atoms with Crippen molar-refractivity contribution in [2.24, 2.45) is 5.41 Å². The summed E-state index contributed by atoms with van der Waals surface area (Å²) in [6.07, 6.45) is 5.38. The molecule has 2 nitrogen and oxygen atoms in total. The SMILES string of the molecule is CC1(C)CCCC(NCC2COc3ccccc32)C1. The molecule has 2 aliphatic rings. The highest BCUT2D eigenvalue weighted by Gasteiger charge is 2.29. The average molecular weight is 259 g/mol. The van der Waals surface area contributed by atoms with Crippen molar-refractivity contribution < 1.29 is 4.74 Å². The van der Waals surface area contributed by atoms with Crippen molar-refractivity contribution in [1.82, 2.24) is 5.32 Å². The Morgan fingerprint density at radius 1 is 1.32 bits per heavy atom. The lowest BCUT2D eigenvalue weighted by molar-refractivity contribution is 0.195. The summed E-state index contributed by atoms with van der Waals surface area (Å²) in [6.45, 7) is 6.68. The van der Waals surface area contributed by atoms with Crippen molar-refractivity contribution in [1.29, 1.82) is 0 Å². The first-order valence-corrected chi connectivity index (χ1v) is 7.59. The van der Waals surface area contributed by atoms with Gasteiger partial charge in [-0.05, 0) is 30.7 Å². The van der Waals surface area contributed by atoms with Gasteiger partial charge < -0.3 is 10.1 Å². The molecule has 3 rings (SSSR count). The van der Waals surface area contributed by atoms with Gasteiger partial charge in [-0.2, -0.15) is 0 Å². The smallest absolute Gasteiger partial charge is 0.122 e. The summed E-state index contributed by atoms with van der Waals surface area (Å²) in [5.41, 5.74) is 1.89. The second kappa shape index (κ2) is 5.16. The van der Waals surface area contributed by atoms with E-state index in [4.69, 9.17) is 4.74 Å². The topological polar surface area (TPSA) is 21.3 Å². The maximum atomic E-state index is 5.75. The Kier molecular flexibility index (Phi) is 3.53. The molecule has 2 unspecified atom stereocenters. The first kappa shape index (κ1) is 13.0. The van der Waals surface area contributed by atoms with Crippen molar-refractivity contribution in [3.63, 3.8) is 0 Å². The Hall–Kier alpha value is -1.02. The van der Waals surface area contributed by atoms with E-state index in [-0.39, 0.29) is 0 Å². The van der Waals surface area contributed by atoms with E-state index in [0.717, 1.165) is 18.9 Å². The van der Waals surface area contributed by atoms with Crippen LogP contribution >= 0.6 is 0 Å². The third-order valence-corrected chi connectivity index (χ3v) is 4.66. The number of ether oxygens (including phenoxy) is 1. The van der Waals surface area contributed by atoms with Gasteiger partial charge in [0.1, 0.15) is 5.75 Å². The van der Waals surface area contributed by atoms with Crippen LogP contribution < -0.4 is 10.1 Å². The molecule has 2 heteroatoms. The molecule has 0 saturated heterocycles. The Bertz CT molecular complexity index is 441. The molecular formula is C17H25NO. The molecule has 1 N–H and O–H groups in total. The predicted octanol–water partition coefficient (Wildman–Crippen LogP) is 3.72. The maximum Gasteiger partial charge on any atom is 0.122 e. The van der Waals surface area contributed by atoms with Crippen LogP contribution in [0.5, 0.6) is 5.75 Å². The molecule has 1 fully saturated rings. The second-order valence-corrected chi connectivity index (χ2v) is 6.91. The molecule has 1 heterocycles. The van der Waals surface area contributed by atoms with Gasteiger partial charge >= 0.3 is 0 Å². The fourth-order valence-corrected chi connectivity index (χ4v) is 3.58. The molecule has 1 aliphatic carbocycles. The summed E-state index contributed by atoms with van der Waals surface area (Å²) in [5.74, 6) is 1.61. The Balaban J connectivity index is 1.56. The molecule has 1 saturated carbocycles. The van der Waals surface area contributed by atoms with Gasteiger partial charge in [0.25, 0.3) is 0 Å². The Morgan fingerprint density at radius 2 is 2.16 bits per heavy atom. The van der Waals surface area contributed by atoms with E-state index in [1.54, 1.807) is 0 Å². The Morgan fingerprint density at radius 3 is 3.00 bits per heavy atom. The van der Waals surface area contributed by atoms with Crippen LogP contribution in [0, 0.1) is 5.41 Å². The van der Waals surface area contributed by atoms with Crippen molar-refractivity contribution in [2.75, 3.05) is 13.2 Å². The van der Waals surface area contributed by atoms with E-state index >= 15 is 0 Å². The summed E-state index contributed by atoms with van der Waals surface area (Å²) >= 11 is 0. The number of hydrogen-bond acceptors (Lipinski definition) is 2. The number of hydrogen-bond donors (Lipinski definition) is 1. The zero-order valence-electron chi connectivity index (χ0n) is 12.1. The van der Waals surface area contributed by atoms with Crippen LogP contribution in [0.1, 0.15) is 51.0 Å². The van der Waals surface area contributed by atoms with E-state index in [2.05, 4.69) is 43.4 Å². The molecule has 0 amide bonds. The predicted molar refractivity (Wildman–Crippen MR) is 78.7 cm³/mol. The molecule has 0 spiro atoms. The summed E-state index contributed by atoms with van der Waals surface area (Å²) in [4.78, 5) is 0. The van der Waals surface area contributed by atoms with Gasteiger partial charge in [-0.3, -0.25) is 0 Å². The third-order valence-electron chi connectivity index (χ3n) is 4.66. The van der Waals surface area contributed by atoms with Gasteiger partial charge in [0.15, 0.2) is 0 Å². The zero-order chi connectivity index (χ0) is 13.3. The standard InChI is InChI=1S/C17H25NO/c1-17(2)9-5-6-14(10-17)18-11-13-12-19-16-8-4-3-7-15(13)16/h3-4,7-8,13-14,18H,5-6,9-12H2,1-2H3. The normalized spacial score (nSPS) is 28.7. The largest absolute Gasteiger partial charge is 0.493 e. The summed E-state index contributed by atoms with van der Waals surface area (Å²) in [7, 11) is 0. The average Bonchev–Trinajstić information content (AvgIpc) is 2.78. The van der Waals surface area contributed by atoms with E-state index in [1.807, 2.05) is 0 Å². The number of benzene rings is 1. The summed E-state index contributed by atoms with van der Waals surface area (Å²) in [6, 6.07) is 9.15. The Labute approximate surface area is 116 Å². The fraction of sp³-hybridized carbons (Fsp3) is 0.647. The lowest BCUT2D eigenvalue weighted by atomic mass is 9.75. The molecule has 0 aromatic heterocycles. The molecule has 1 aromatic carbocycles. The van der Waals surface area contributed by atoms with E-state index in [0.29, 0.717) is 17.4 Å². The third kappa shape index (κ3) is 2.94. The first-order valence-electron chi connectivity index (χ1n) is 7.59. The number of para-hydroxylation sites is 1. The minimum Gasteiger partial charge on any atom is -0.493 e. The van der Waals surface area contributed by atoms with Gasteiger partial charge in [-0.15, -0.1) is 0 Å². The molecular weight excluding hydrogens is 234 g/mol. The molecule has 1 aliphatic heterocycles. The maximum absolute atomic E-state index is 5.75. The van der Waals surface area contributed by atoms with Crippen LogP contribution in [0.3, 0.4) is 0 Å². The van der Waals surface area contributed by atoms with Gasteiger partial charge in [0.2, 0.25) is 0 Å². The van der Waals surface area contributed by atoms with Gasteiger partial charge in [-0.25, -0.2) is 0 Å². The first-order chi connectivity index (χ1) is 9.14.